The van der Waals surface area contributed by atoms with E-state index in [-0.39, 0.29) is 12.4 Å². The molecule has 2 heterocycles. The van der Waals surface area contributed by atoms with Crippen LogP contribution in [0.2, 0.25) is 0 Å². The van der Waals surface area contributed by atoms with E-state index < -0.39 is 0 Å². The summed E-state index contributed by atoms with van der Waals surface area (Å²) in [5.41, 5.74) is 5.62. The van der Waals surface area contributed by atoms with Crippen LogP contribution in [0, 0.1) is 0 Å². The van der Waals surface area contributed by atoms with Gasteiger partial charge in [0.25, 0.3) is 0 Å². The molecule has 1 fully saturated rings. The van der Waals surface area contributed by atoms with Gasteiger partial charge in [-0.25, -0.2) is 4.98 Å². The van der Waals surface area contributed by atoms with E-state index in [1.165, 1.54) is 30.1 Å². The second-order valence-electron chi connectivity index (χ2n) is 3.91. The molecule has 0 saturated carbocycles. The summed E-state index contributed by atoms with van der Waals surface area (Å²) >= 11 is 3.69. The molecule has 6 heteroatoms. The van der Waals surface area contributed by atoms with E-state index in [0.29, 0.717) is 5.13 Å². The number of hydrogen-bond donors (Lipinski definition) is 1. The Bertz CT molecular complexity index is 319. The molecule has 2 N–H and O–H groups in total. The highest BCUT2D eigenvalue weighted by molar-refractivity contribution is 7.99. The van der Waals surface area contributed by atoms with E-state index in [4.69, 9.17) is 5.73 Å². The van der Waals surface area contributed by atoms with Crippen LogP contribution in [0.3, 0.4) is 0 Å². The fourth-order valence-electron chi connectivity index (χ4n) is 1.72. The first-order valence-electron chi connectivity index (χ1n) is 5.28. The SMILES string of the molecule is CC1CCN(Cc2cnc(N)s2)CCS1.Cl. The Morgan fingerprint density at radius 2 is 2.38 bits per heavy atom. The number of rotatable bonds is 2. The highest BCUT2D eigenvalue weighted by Gasteiger charge is 2.14. The van der Waals surface area contributed by atoms with E-state index in [1.54, 1.807) is 11.3 Å². The molecule has 1 aromatic heterocycles. The van der Waals surface area contributed by atoms with Crippen molar-refractivity contribution in [3.05, 3.63) is 11.1 Å². The van der Waals surface area contributed by atoms with Crippen molar-refractivity contribution in [2.45, 2.75) is 25.1 Å². The van der Waals surface area contributed by atoms with Gasteiger partial charge in [-0.2, -0.15) is 11.8 Å². The Balaban J connectivity index is 0.00000128. The molecule has 0 spiro atoms. The van der Waals surface area contributed by atoms with Crippen molar-refractivity contribution in [1.82, 2.24) is 9.88 Å². The molecule has 1 aliphatic rings. The highest BCUT2D eigenvalue weighted by atomic mass is 35.5. The number of aromatic nitrogens is 1. The Kier molecular flexibility index (Phi) is 5.89. The third-order valence-electron chi connectivity index (χ3n) is 2.61. The predicted octanol–water partition coefficient (Wildman–Crippen LogP) is 2.47. The summed E-state index contributed by atoms with van der Waals surface area (Å²) in [6.45, 7) is 5.72. The molecule has 92 valence electrons. The molecule has 0 amide bonds. The third-order valence-corrected chi connectivity index (χ3v) is 4.65. The van der Waals surface area contributed by atoms with Crippen molar-refractivity contribution in [3.8, 4) is 0 Å². The van der Waals surface area contributed by atoms with Gasteiger partial charge in [-0.05, 0) is 13.0 Å². The molecule has 0 aliphatic carbocycles. The number of nitrogen functional groups attached to an aromatic ring is 1. The lowest BCUT2D eigenvalue weighted by Gasteiger charge is -2.17. The second kappa shape index (κ2) is 6.69. The summed E-state index contributed by atoms with van der Waals surface area (Å²) in [6, 6.07) is 0. The predicted molar refractivity (Wildman–Crippen MR) is 75.6 cm³/mol. The monoisotopic (exact) mass is 279 g/mol. The van der Waals surface area contributed by atoms with Crippen molar-refractivity contribution in [3.63, 3.8) is 0 Å². The normalized spacial score (nSPS) is 22.4. The van der Waals surface area contributed by atoms with Gasteiger partial charge in [0, 0.05) is 35.2 Å². The Morgan fingerprint density at radius 3 is 3.06 bits per heavy atom. The molecule has 0 bridgehead atoms. The summed E-state index contributed by atoms with van der Waals surface area (Å²) in [5.74, 6) is 1.25. The molecule has 1 unspecified atom stereocenters. The summed E-state index contributed by atoms with van der Waals surface area (Å²) in [4.78, 5) is 7.87. The first-order valence-corrected chi connectivity index (χ1v) is 7.14. The minimum absolute atomic E-state index is 0. The van der Waals surface area contributed by atoms with Crippen LogP contribution in [0.15, 0.2) is 6.20 Å². The van der Waals surface area contributed by atoms with Crippen molar-refractivity contribution >= 4 is 40.6 Å². The van der Waals surface area contributed by atoms with Crippen LogP contribution in [0.4, 0.5) is 5.13 Å². The number of nitrogens with two attached hydrogens (primary N) is 1. The van der Waals surface area contributed by atoms with Crippen molar-refractivity contribution in [2.24, 2.45) is 0 Å². The molecule has 3 nitrogen and oxygen atoms in total. The molecule has 0 radical (unpaired) electrons. The number of anilines is 1. The lowest BCUT2D eigenvalue weighted by Crippen LogP contribution is -2.25. The van der Waals surface area contributed by atoms with Crippen molar-refractivity contribution in [1.29, 1.82) is 0 Å². The van der Waals surface area contributed by atoms with Gasteiger partial charge in [0.05, 0.1) is 0 Å². The Labute approximate surface area is 111 Å². The lowest BCUT2D eigenvalue weighted by atomic mass is 10.3. The Morgan fingerprint density at radius 1 is 1.56 bits per heavy atom. The zero-order valence-electron chi connectivity index (χ0n) is 9.39. The second-order valence-corrected chi connectivity index (χ2v) is 6.60. The van der Waals surface area contributed by atoms with E-state index in [0.717, 1.165) is 11.8 Å². The van der Waals surface area contributed by atoms with Crippen LogP contribution in [0.25, 0.3) is 0 Å². The zero-order valence-corrected chi connectivity index (χ0v) is 11.8. The van der Waals surface area contributed by atoms with Crippen LogP contribution in [-0.2, 0) is 6.54 Å². The smallest absolute Gasteiger partial charge is 0.180 e. The minimum Gasteiger partial charge on any atom is -0.375 e. The molecular formula is C10H18ClN3S2. The van der Waals surface area contributed by atoms with Gasteiger partial charge >= 0.3 is 0 Å². The van der Waals surface area contributed by atoms with Crippen LogP contribution < -0.4 is 5.73 Å². The molecular weight excluding hydrogens is 262 g/mol. The maximum Gasteiger partial charge on any atom is 0.180 e. The van der Waals surface area contributed by atoms with E-state index in [2.05, 4.69) is 28.6 Å². The van der Waals surface area contributed by atoms with Crippen LogP contribution in [0.1, 0.15) is 18.2 Å². The topological polar surface area (TPSA) is 42.2 Å². The lowest BCUT2D eigenvalue weighted by molar-refractivity contribution is 0.286. The average molecular weight is 280 g/mol. The molecule has 1 saturated heterocycles. The quantitative estimate of drug-likeness (QED) is 0.903. The molecule has 1 atom stereocenters. The molecule has 1 aromatic rings. The van der Waals surface area contributed by atoms with Gasteiger partial charge in [0.2, 0.25) is 0 Å². The largest absolute Gasteiger partial charge is 0.375 e. The highest BCUT2D eigenvalue weighted by Crippen LogP contribution is 2.22. The summed E-state index contributed by atoms with van der Waals surface area (Å²) < 4.78 is 0. The molecule has 16 heavy (non-hydrogen) atoms. The average Bonchev–Trinajstić information content (AvgIpc) is 2.48. The minimum atomic E-state index is 0. The first kappa shape index (κ1) is 14.1. The van der Waals surface area contributed by atoms with E-state index in [1.807, 2.05) is 6.20 Å². The van der Waals surface area contributed by atoms with Gasteiger partial charge < -0.3 is 5.73 Å². The van der Waals surface area contributed by atoms with Gasteiger partial charge in [0.1, 0.15) is 0 Å². The number of halogens is 1. The van der Waals surface area contributed by atoms with Crippen LogP contribution in [0.5, 0.6) is 0 Å². The number of thiazole rings is 1. The van der Waals surface area contributed by atoms with Crippen LogP contribution >= 0.6 is 35.5 Å². The van der Waals surface area contributed by atoms with E-state index in [9.17, 15) is 0 Å². The number of nitrogens with zero attached hydrogens (tertiary/aromatic N) is 2. The standard InChI is InChI=1S/C10H17N3S2.ClH/c1-8-2-3-13(4-5-14-8)7-9-6-12-10(11)15-9;/h6,8H,2-5,7H2,1H3,(H2,11,12);1H. The number of thioether (sulfide) groups is 1. The first-order chi connectivity index (χ1) is 7.24. The Hall–Kier alpha value is 0.0300. The summed E-state index contributed by atoms with van der Waals surface area (Å²) in [7, 11) is 0. The van der Waals surface area contributed by atoms with Crippen molar-refractivity contribution < 1.29 is 0 Å². The zero-order chi connectivity index (χ0) is 10.7. The maximum absolute atomic E-state index is 5.62. The van der Waals surface area contributed by atoms with Gasteiger partial charge in [0.15, 0.2) is 5.13 Å². The fraction of sp³-hybridized carbons (Fsp3) is 0.700. The molecule has 1 aliphatic heterocycles. The van der Waals surface area contributed by atoms with E-state index >= 15 is 0 Å². The fourth-order valence-corrected chi connectivity index (χ4v) is 3.48. The summed E-state index contributed by atoms with van der Waals surface area (Å²) in [6.07, 6.45) is 3.19. The summed E-state index contributed by atoms with van der Waals surface area (Å²) in [5, 5.41) is 1.49. The van der Waals surface area contributed by atoms with Gasteiger partial charge in [-0.15, -0.1) is 23.7 Å². The maximum atomic E-state index is 5.62. The number of hydrogen-bond acceptors (Lipinski definition) is 5. The van der Waals surface area contributed by atoms with Crippen LogP contribution in [-0.4, -0.2) is 34.0 Å². The molecule has 0 aromatic carbocycles. The molecule has 2 rings (SSSR count). The van der Waals surface area contributed by atoms with Gasteiger partial charge in [-0.1, -0.05) is 6.92 Å². The third kappa shape index (κ3) is 4.13. The van der Waals surface area contributed by atoms with Crippen molar-refractivity contribution in [2.75, 3.05) is 24.6 Å². The van der Waals surface area contributed by atoms with Gasteiger partial charge in [-0.3, -0.25) is 4.90 Å².